The summed E-state index contributed by atoms with van der Waals surface area (Å²) >= 11 is 0. The summed E-state index contributed by atoms with van der Waals surface area (Å²) in [6, 6.07) is 0.350. The van der Waals surface area contributed by atoms with E-state index in [1.165, 1.54) is 0 Å². The molecule has 108 valence electrons. The Morgan fingerprint density at radius 1 is 1.33 bits per heavy atom. The molecule has 1 heterocycles. The second-order valence-corrected chi connectivity index (χ2v) is 5.53. The number of likely N-dealkylation sites (N-methyl/N-ethyl adjacent to an activating group) is 1. The molecule has 1 aliphatic heterocycles. The number of rotatable bonds is 7. The monoisotopic (exact) mass is 258 g/mol. The highest BCUT2D eigenvalue weighted by atomic mass is 16.5. The van der Waals surface area contributed by atoms with Gasteiger partial charge in [0, 0.05) is 24.7 Å². The van der Waals surface area contributed by atoms with Crippen molar-refractivity contribution in [2.45, 2.75) is 51.8 Å². The van der Waals surface area contributed by atoms with Crippen LogP contribution in [0.3, 0.4) is 0 Å². The lowest BCUT2D eigenvalue weighted by Crippen LogP contribution is -2.62. The quantitative estimate of drug-likeness (QED) is 0.750. The van der Waals surface area contributed by atoms with Gasteiger partial charge in [0.25, 0.3) is 0 Å². The SMILES string of the molecule is CCC(C)(C(COC(C)C)NC)N1CCOCC1. The third kappa shape index (κ3) is 3.92. The van der Waals surface area contributed by atoms with Gasteiger partial charge in [0.05, 0.1) is 25.9 Å². The van der Waals surface area contributed by atoms with Gasteiger partial charge in [-0.25, -0.2) is 0 Å². The largest absolute Gasteiger partial charge is 0.379 e. The Bertz CT molecular complexity index is 230. The summed E-state index contributed by atoms with van der Waals surface area (Å²) in [5.41, 5.74) is 0.132. The molecule has 0 aliphatic carbocycles. The molecule has 0 radical (unpaired) electrons. The number of ether oxygens (including phenoxy) is 2. The van der Waals surface area contributed by atoms with Crippen LogP contribution in [0.1, 0.15) is 34.1 Å². The van der Waals surface area contributed by atoms with Gasteiger partial charge in [0.15, 0.2) is 0 Å². The lowest BCUT2D eigenvalue weighted by atomic mass is 9.87. The van der Waals surface area contributed by atoms with Crippen molar-refractivity contribution in [3.8, 4) is 0 Å². The zero-order valence-electron chi connectivity index (χ0n) is 12.7. The Labute approximate surface area is 112 Å². The second-order valence-electron chi connectivity index (χ2n) is 5.53. The van der Waals surface area contributed by atoms with Gasteiger partial charge >= 0.3 is 0 Å². The number of hydrogen-bond donors (Lipinski definition) is 1. The Morgan fingerprint density at radius 3 is 2.39 bits per heavy atom. The van der Waals surface area contributed by atoms with Gasteiger partial charge in [-0.1, -0.05) is 6.92 Å². The maximum atomic E-state index is 5.81. The van der Waals surface area contributed by atoms with Gasteiger partial charge in [-0.3, -0.25) is 4.90 Å². The molecule has 4 nitrogen and oxygen atoms in total. The molecule has 1 N–H and O–H groups in total. The van der Waals surface area contributed by atoms with Crippen LogP contribution in [0.25, 0.3) is 0 Å². The number of nitrogens with zero attached hydrogens (tertiary/aromatic N) is 1. The van der Waals surface area contributed by atoms with E-state index >= 15 is 0 Å². The van der Waals surface area contributed by atoms with Gasteiger partial charge in [0.1, 0.15) is 0 Å². The van der Waals surface area contributed by atoms with Crippen LogP contribution < -0.4 is 5.32 Å². The van der Waals surface area contributed by atoms with Crippen LogP contribution >= 0.6 is 0 Å². The molecule has 0 spiro atoms. The second kappa shape index (κ2) is 7.43. The van der Waals surface area contributed by atoms with E-state index in [4.69, 9.17) is 9.47 Å². The molecular formula is C14H30N2O2. The van der Waals surface area contributed by atoms with Crippen LogP contribution in [0.5, 0.6) is 0 Å². The van der Waals surface area contributed by atoms with Crippen molar-refractivity contribution in [1.82, 2.24) is 10.2 Å². The minimum absolute atomic E-state index is 0.132. The average Bonchev–Trinajstić information content (AvgIpc) is 2.39. The van der Waals surface area contributed by atoms with Gasteiger partial charge in [0.2, 0.25) is 0 Å². The van der Waals surface area contributed by atoms with E-state index < -0.39 is 0 Å². The van der Waals surface area contributed by atoms with Crippen molar-refractivity contribution in [3.05, 3.63) is 0 Å². The predicted octanol–water partition coefficient (Wildman–Crippen LogP) is 1.50. The van der Waals surface area contributed by atoms with Crippen molar-refractivity contribution in [3.63, 3.8) is 0 Å². The molecule has 0 bridgehead atoms. The first-order valence-corrected chi connectivity index (χ1v) is 7.16. The molecule has 1 rings (SSSR count). The van der Waals surface area contributed by atoms with E-state index in [-0.39, 0.29) is 11.6 Å². The lowest BCUT2D eigenvalue weighted by molar-refractivity contribution is -0.0510. The Hall–Kier alpha value is -0.160. The molecule has 2 unspecified atom stereocenters. The molecule has 1 fully saturated rings. The highest BCUT2D eigenvalue weighted by molar-refractivity contribution is 4.96. The molecule has 0 aromatic heterocycles. The first-order chi connectivity index (χ1) is 8.54. The van der Waals surface area contributed by atoms with Crippen LogP contribution in [-0.2, 0) is 9.47 Å². The minimum atomic E-state index is 0.132. The molecule has 0 aromatic rings. The van der Waals surface area contributed by atoms with E-state index in [1.807, 2.05) is 7.05 Å². The Kier molecular flexibility index (Phi) is 6.57. The number of hydrogen-bond acceptors (Lipinski definition) is 4. The highest BCUT2D eigenvalue weighted by Crippen LogP contribution is 2.25. The van der Waals surface area contributed by atoms with Crippen molar-refractivity contribution in [2.75, 3.05) is 40.0 Å². The van der Waals surface area contributed by atoms with Gasteiger partial charge in [-0.2, -0.15) is 0 Å². The fourth-order valence-corrected chi connectivity index (χ4v) is 2.63. The maximum Gasteiger partial charge on any atom is 0.0641 e. The molecule has 0 amide bonds. The maximum absolute atomic E-state index is 5.81. The minimum Gasteiger partial charge on any atom is -0.379 e. The third-order valence-electron chi connectivity index (χ3n) is 4.14. The predicted molar refractivity (Wildman–Crippen MR) is 75.0 cm³/mol. The summed E-state index contributed by atoms with van der Waals surface area (Å²) in [7, 11) is 2.03. The summed E-state index contributed by atoms with van der Waals surface area (Å²) in [4.78, 5) is 2.54. The Morgan fingerprint density at radius 2 is 1.94 bits per heavy atom. The molecular weight excluding hydrogens is 228 g/mol. The Balaban J connectivity index is 2.68. The summed E-state index contributed by atoms with van der Waals surface area (Å²) in [6.07, 6.45) is 1.40. The van der Waals surface area contributed by atoms with E-state index in [2.05, 4.69) is 37.9 Å². The van der Waals surface area contributed by atoms with Gasteiger partial charge < -0.3 is 14.8 Å². The first kappa shape index (κ1) is 15.9. The standard InChI is InChI=1S/C14H30N2O2/c1-6-14(4,16-7-9-17-10-8-16)13(15-5)11-18-12(2)3/h12-13,15H,6-11H2,1-5H3. The van der Waals surface area contributed by atoms with Gasteiger partial charge in [-0.05, 0) is 34.2 Å². The molecule has 1 aliphatic rings. The highest BCUT2D eigenvalue weighted by Gasteiger charge is 2.38. The molecule has 1 saturated heterocycles. The molecule has 18 heavy (non-hydrogen) atoms. The number of nitrogens with one attached hydrogen (secondary N) is 1. The normalized spacial score (nSPS) is 23.0. The average molecular weight is 258 g/mol. The van der Waals surface area contributed by atoms with Crippen molar-refractivity contribution >= 4 is 0 Å². The smallest absolute Gasteiger partial charge is 0.0641 e. The van der Waals surface area contributed by atoms with E-state index in [1.54, 1.807) is 0 Å². The van der Waals surface area contributed by atoms with Crippen LogP contribution in [0.2, 0.25) is 0 Å². The topological polar surface area (TPSA) is 33.7 Å². The van der Waals surface area contributed by atoms with Crippen LogP contribution in [0.4, 0.5) is 0 Å². The summed E-state index contributed by atoms with van der Waals surface area (Å²) < 4.78 is 11.3. The molecule has 0 saturated carbocycles. The molecule has 0 aromatic carbocycles. The zero-order chi connectivity index (χ0) is 13.6. The van der Waals surface area contributed by atoms with Crippen LogP contribution in [0.15, 0.2) is 0 Å². The van der Waals surface area contributed by atoms with E-state index in [0.717, 1.165) is 39.3 Å². The van der Waals surface area contributed by atoms with Crippen molar-refractivity contribution < 1.29 is 9.47 Å². The van der Waals surface area contributed by atoms with Crippen molar-refractivity contribution in [2.24, 2.45) is 0 Å². The summed E-state index contributed by atoms with van der Waals surface area (Å²) in [5, 5.41) is 3.44. The third-order valence-corrected chi connectivity index (χ3v) is 4.14. The first-order valence-electron chi connectivity index (χ1n) is 7.16. The van der Waals surface area contributed by atoms with Gasteiger partial charge in [-0.15, -0.1) is 0 Å². The van der Waals surface area contributed by atoms with Crippen molar-refractivity contribution in [1.29, 1.82) is 0 Å². The molecule has 4 heteroatoms. The van der Waals surface area contributed by atoms with E-state index in [9.17, 15) is 0 Å². The fourth-order valence-electron chi connectivity index (χ4n) is 2.63. The lowest BCUT2D eigenvalue weighted by Gasteiger charge is -2.47. The summed E-state index contributed by atoms with van der Waals surface area (Å²) in [6.45, 7) is 13.3. The van der Waals surface area contributed by atoms with E-state index in [0.29, 0.717) is 6.04 Å². The fraction of sp³-hybridized carbons (Fsp3) is 1.00. The zero-order valence-corrected chi connectivity index (χ0v) is 12.7. The summed E-state index contributed by atoms with van der Waals surface area (Å²) in [5.74, 6) is 0. The van der Waals surface area contributed by atoms with Crippen LogP contribution in [-0.4, -0.2) is 62.5 Å². The number of morpholine rings is 1. The van der Waals surface area contributed by atoms with Crippen LogP contribution in [0, 0.1) is 0 Å². The molecule has 2 atom stereocenters.